The smallest absolute Gasteiger partial charge is 0.220 e. The van der Waals surface area contributed by atoms with Crippen LogP contribution in [0.1, 0.15) is 17.5 Å². The van der Waals surface area contributed by atoms with Crippen LogP contribution in [-0.4, -0.2) is 16.7 Å². The number of rotatable bonds is 6. The van der Waals surface area contributed by atoms with Gasteiger partial charge in [0, 0.05) is 36.6 Å². The monoisotopic (exact) mass is 338 g/mol. The van der Waals surface area contributed by atoms with Crippen molar-refractivity contribution in [3.05, 3.63) is 65.9 Å². The zero-order valence-corrected chi connectivity index (χ0v) is 14.9. The summed E-state index contributed by atoms with van der Waals surface area (Å²) in [4.78, 5) is 13.3. The number of nitrogens with one attached hydrogen (secondary N) is 1. The Balaban J connectivity index is 1.50. The van der Waals surface area contributed by atoms with Gasteiger partial charge in [0.05, 0.1) is 0 Å². The molecular weight excluding hydrogens is 316 g/mol. The van der Waals surface area contributed by atoms with Crippen molar-refractivity contribution in [3.63, 3.8) is 0 Å². The number of nitrogens with zero attached hydrogens (tertiary/aromatic N) is 1. The van der Waals surface area contributed by atoms with Gasteiger partial charge in [0.25, 0.3) is 0 Å². The number of benzene rings is 2. The van der Waals surface area contributed by atoms with Crippen LogP contribution in [0.4, 0.5) is 0 Å². The van der Waals surface area contributed by atoms with Crippen LogP contribution in [-0.2, 0) is 24.8 Å². The predicted octanol–water partition coefficient (Wildman–Crippen LogP) is 4.15. The molecule has 1 N–H and O–H groups in total. The minimum absolute atomic E-state index is 0.0945. The average molecular weight is 338 g/mol. The van der Waals surface area contributed by atoms with Crippen molar-refractivity contribution in [2.75, 3.05) is 6.26 Å². The molecule has 0 fully saturated rings. The van der Waals surface area contributed by atoms with Crippen LogP contribution < -0.4 is 5.32 Å². The molecule has 1 heterocycles. The van der Waals surface area contributed by atoms with E-state index < -0.39 is 0 Å². The molecule has 0 radical (unpaired) electrons. The van der Waals surface area contributed by atoms with Crippen LogP contribution in [0.3, 0.4) is 0 Å². The first-order chi connectivity index (χ1) is 11.7. The number of thioether (sulfide) groups is 1. The highest BCUT2D eigenvalue weighted by atomic mass is 32.2. The van der Waals surface area contributed by atoms with E-state index in [1.165, 1.54) is 21.4 Å². The molecule has 1 aromatic heterocycles. The fourth-order valence-corrected chi connectivity index (χ4v) is 3.19. The number of amides is 1. The minimum atomic E-state index is 0.0945. The zero-order chi connectivity index (χ0) is 16.9. The average Bonchev–Trinajstić information content (AvgIpc) is 2.99. The normalized spacial score (nSPS) is 10.9. The van der Waals surface area contributed by atoms with Crippen LogP contribution in [0.2, 0.25) is 0 Å². The van der Waals surface area contributed by atoms with Crippen molar-refractivity contribution in [2.45, 2.75) is 24.3 Å². The second kappa shape index (κ2) is 7.58. The van der Waals surface area contributed by atoms with Crippen molar-refractivity contribution >= 4 is 28.6 Å². The quantitative estimate of drug-likeness (QED) is 0.685. The molecule has 0 aliphatic heterocycles. The van der Waals surface area contributed by atoms with E-state index >= 15 is 0 Å². The van der Waals surface area contributed by atoms with E-state index in [0.29, 0.717) is 13.0 Å². The maximum Gasteiger partial charge on any atom is 0.220 e. The SMILES string of the molecule is CSc1ccc(CNC(=O)CCc2ccc3c(ccn3C)c2)cc1. The van der Waals surface area contributed by atoms with Crippen molar-refractivity contribution in [2.24, 2.45) is 7.05 Å². The third-order valence-electron chi connectivity index (χ3n) is 4.24. The van der Waals surface area contributed by atoms with Crippen LogP contribution in [0, 0.1) is 0 Å². The molecule has 3 rings (SSSR count). The van der Waals surface area contributed by atoms with Gasteiger partial charge in [-0.2, -0.15) is 0 Å². The first kappa shape index (κ1) is 16.7. The molecule has 0 atom stereocenters. The van der Waals surface area contributed by atoms with E-state index in [2.05, 4.69) is 70.9 Å². The molecule has 0 unspecified atom stereocenters. The van der Waals surface area contributed by atoms with Gasteiger partial charge in [-0.15, -0.1) is 11.8 Å². The lowest BCUT2D eigenvalue weighted by Gasteiger charge is -2.07. The molecule has 124 valence electrons. The Bertz CT molecular complexity index is 836. The highest BCUT2D eigenvalue weighted by molar-refractivity contribution is 7.98. The van der Waals surface area contributed by atoms with E-state index in [1.807, 2.05) is 7.05 Å². The van der Waals surface area contributed by atoms with E-state index in [1.54, 1.807) is 11.8 Å². The minimum Gasteiger partial charge on any atom is -0.352 e. The fourth-order valence-electron chi connectivity index (χ4n) is 2.78. The number of hydrogen-bond donors (Lipinski definition) is 1. The molecule has 4 heteroatoms. The summed E-state index contributed by atoms with van der Waals surface area (Å²) in [6.07, 6.45) is 5.40. The number of hydrogen-bond acceptors (Lipinski definition) is 2. The first-order valence-corrected chi connectivity index (χ1v) is 9.32. The Kier molecular flexibility index (Phi) is 5.26. The molecule has 0 aliphatic rings. The topological polar surface area (TPSA) is 34.0 Å². The zero-order valence-electron chi connectivity index (χ0n) is 14.1. The summed E-state index contributed by atoms with van der Waals surface area (Å²) >= 11 is 1.72. The molecule has 3 nitrogen and oxygen atoms in total. The molecule has 0 saturated carbocycles. The molecule has 0 spiro atoms. The first-order valence-electron chi connectivity index (χ1n) is 8.09. The highest BCUT2D eigenvalue weighted by Crippen LogP contribution is 2.18. The summed E-state index contributed by atoms with van der Waals surface area (Å²) in [6, 6.07) is 16.8. The summed E-state index contributed by atoms with van der Waals surface area (Å²) in [5.41, 5.74) is 3.55. The van der Waals surface area contributed by atoms with E-state index in [4.69, 9.17) is 0 Å². The van der Waals surface area contributed by atoms with Gasteiger partial charge in [0.15, 0.2) is 0 Å². The summed E-state index contributed by atoms with van der Waals surface area (Å²) in [6.45, 7) is 0.589. The Hall–Kier alpha value is -2.20. The maximum absolute atomic E-state index is 12.1. The van der Waals surface area contributed by atoms with Crippen LogP contribution in [0.5, 0.6) is 0 Å². The van der Waals surface area contributed by atoms with Gasteiger partial charge in [-0.05, 0) is 59.5 Å². The second-order valence-electron chi connectivity index (χ2n) is 5.94. The maximum atomic E-state index is 12.1. The summed E-state index contributed by atoms with van der Waals surface area (Å²) in [5, 5.41) is 4.22. The van der Waals surface area contributed by atoms with Crippen LogP contribution in [0.15, 0.2) is 59.6 Å². The fraction of sp³-hybridized carbons (Fsp3) is 0.250. The molecule has 0 aliphatic carbocycles. The Morgan fingerprint density at radius 1 is 1.08 bits per heavy atom. The molecule has 24 heavy (non-hydrogen) atoms. The molecule has 0 bridgehead atoms. The van der Waals surface area contributed by atoms with E-state index in [9.17, 15) is 4.79 Å². The van der Waals surface area contributed by atoms with Crippen LogP contribution in [0.25, 0.3) is 10.9 Å². The highest BCUT2D eigenvalue weighted by Gasteiger charge is 2.04. The number of aromatic nitrogens is 1. The Morgan fingerprint density at radius 3 is 2.58 bits per heavy atom. The third kappa shape index (κ3) is 4.01. The predicted molar refractivity (Wildman–Crippen MR) is 101 cm³/mol. The third-order valence-corrected chi connectivity index (χ3v) is 4.98. The van der Waals surface area contributed by atoms with Crippen LogP contribution >= 0.6 is 11.8 Å². The van der Waals surface area contributed by atoms with E-state index in [0.717, 1.165) is 12.0 Å². The Labute approximate surface area is 147 Å². The van der Waals surface area contributed by atoms with Gasteiger partial charge in [-0.1, -0.05) is 18.2 Å². The molecule has 0 saturated heterocycles. The molecule has 1 amide bonds. The van der Waals surface area contributed by atoms with Gasteiger partial charge < -0.3 is 9.88 Å². The summed E-state index contributed by atoms with van der Waals surface area (Å²) in [5.74, 6) is 0.0945. The largest absolute Gasteiger partial charge is 0.352 e. The lowest BCUT2D eigenvalue weighted by atomic mass is 10.1. The number of carbonyl (C=O) groups excluding carboxylic acids is 1. The summed E-state index contributed by atoms with van der Waals surface area (Å²) < 4.78 is 2.11. The van der Waals surface area contributed by atoms with Gasteiger partial charge >= 0.3 is 0 Å². The molecule has 3 aromatic rings. The van der Waals surface area contributed by atoms with Crippen molar-refractivity contribution < 1.29 is 4.79 Å². The second-order valence-corrected chi connectivity index (χ2v) is 6.82. The van der Waals surface area contributed by atoms with E-state index in [-0.39, 0.29) is 5.91 Å². The lowest BCUT2D eigenvalue weighted by molar-refractivity contribution is -0.121. The van der Waals surface area contributed by atoms with Gasteiger partial charge in [-0.3, -0.25) is 4.79 Å². The van der Waals surface area contributed by atoms with Gasteiger partial charge in [-0.25, -0.2) is 0 Å². The lowest BCUT2D eigenvalue weighted by Crippen LogP contribution is -2.22. The Morgan fingerprint density at radius 2 is 1.83 bits per heavy atom. The number of carbonyl (C=O) groups is 1. The number of aryl methyl sites for hydroxylation is 2. The molecular formula is C20H22N2OS. The summed E-state index contributed by atoms with van der Waals surface area (Å²) in [7, 11) is 2.04. The van der Waals surface area contributed by atoms with Crippen molar-refractivity contribution in [1.82, 2.24) is 9.88 Å². The molecule has 2 aromatic carbocycles. The van der Waals surface area contributed by atoms with Crippen molar-refractivity contribution in [3.8, 4) is 0 Å². The van der Waals surface area contributed by atoms with Gasteiger partial charge in [0.2, 0.25) is 5.91 Å². The van der Waals surface area contributed by atoms with Gasteiger partial charge in [0.1, 0.15) is 0 Å². The standard InChI is InChI=1S/C20H22N2OS/c1-22-12-11-17-13-15(5-9-19(17)22)6-10-20(23)21-14-16-3-7-18(24-2)8-4-16/h3-5,7-9,11-13H,6,10,14H2,1-2H3,(H,21,23). The van der Waals surface area contributed by atoms with Crippen molar-refractivity contribution in [1.29, 1.82) is 0 Å². The number of fused-ring (bicyclic) bond motifs is 1.